The number of ketones is 1. The number of Topliss-reactive ketones (excluding diaryl/α,β-unsaturated/α-hetero) is 1. The summed E-state index contributed by atoms with van der Waals surface area (Å²) in [7, 11) is 0. The van der Waals surface area contributed by atoms with Crippen LogP contribution in [0.4, 0.5) is 0 Å². The molecule has 0 bridgehead atoms. The van der Waals surface area contributed by atoms with Gasteiger partial charge in [0.1, 0.15) is 5.75 Å². The second-order valence-corrected chi connectivity index (χ2v) is 6.29. The quantitative estimate of drug-likeness (QED) is 0.617. The van der Waals surface area contributed by atoms with Crippen molar-refractivity contribution in [2.75, 3.05) is 5.75 Å². The molecule has 2 nitrogen and oxygen atoms in total. The maximum atomic E-state index is 11.4. The molecule has 1 N–H and O–H groups in total. The fourth-order valence-electron chi connectivity index (χ4n) is 1.54. The van der Waals surface area contributed by atoms with E-state index < -0.39 is 0 Å². The number of hydrogen-bond acceptors (Lipinski definition) is 3. The Morgan fingerprint density at radius 2 is 2.11 bits per heavy atom. The number of thioether (sulfide) groups is 1. The van der Waals surface area contributed by atoms with Gasteiger partial charge in [0.15, 0.2) is 5.78 Å². The van der Waals surface area contributed by atoms with E-state index in [1.165, 1.54) is 13.0 Å². The molecule has 1 rings (SSSR count). The van der Waals surface area contributed by atoms with Crippen molar-refractivity contribution in [2.45, 2.75) is 32.9 Å². The van der Waals surface area contributed by atoms with Gasteiger partial charge in [-0.25, -0.2) is 0 Å². The first-order chi connectivity index (χ1) is 8.41. The minimum atomic E-state index is -0.163. The number of carbonyl (C=O) groups excluding carboxylic acids is 1. The molecule has 0 amide bonds. The van der Waals surface area contributed by atoms with E-state index in [1.807, 2.05) is 0 Å². The highest BCUT2D eigenvalue weighted by Gasteiger charge is 2.12. The molecule has 4 heteroatoms. The molecule has 0 aliphatic carbocycles. The topological polar surface area (TPSA) is 37.3 Å². The van der Waals surface area contributed by atoms with E-state index in [2.05, 4.69) is 13.8 Å². The third-order valence-electron chi connectivity index (χ3n) is 2.63. The normalized spacial score (nSPS) is 10.9. The summed E-state index contributed by atoms with van der Waals surface area (Å²) in [5.74, 6) is 2.31. The van der Waals surface area contributed by atoms with E-state index in [9.17, 15) is 9.90 Å². The molecule has 1 aromatic carbocycles. The Kier molecular flexibility index (Phi) is 6.03. The van der Waals surface area contributed by atoms with Gasteiger partial charge in [-0.15, -0.1) is 0 Å². The third-order valence-corrected chi connectivity index (χ3v) is 3.89. The molecule has 0 fully saturated rings. The lowest BCUT2D eigenvalue weighted by molar-refractivity contribution is 0.101. The van der Waals surface area contributed by atoms with Crippen molar-refractivity contribution in [3.63, 3.8) is 0 Å². The van der Waals surface area contributed by atoms with Gasteiger partial charge in [0, 0.05) is 16.3 Å². The number of hydrogen-bond donors (Lipinski definition) is 1. The summed E-state index contributed by atoms with van der Waals surface area (Å²) in [6, 6.07) is 3.24. The average Bonchev–Trinajstić information content (AvgIpc) is 2.27. The molecule has 0 saturated heterocycles. The molecule has 0 aromatic heterocycles. The van der Waals surface area contributed by atoms with Crippen molar-refractivity contribution in [3.05, 3.63) is 28.3 Å². The number of rotatable bonds is 6. The van der Waals surface area contributed by atoms with Gasteiger partial charge in [-0.1, -0.05) is 25.4 Å². The predicted molar refractivity (Wildman–Crippen MR) is 78.7 cm³/mol. The monoisotopic (exact) mass is 286 g/mol. The highest BCUT2D eigenvalue weighted by molar-refractivity contribution is 7.98. The van der Waals surface area contributed by atoms with Crippen molar-refractivity contribution in [3.8, 4) is 5.75 Å². The number of phenols is 1. The molecule has 0 unspecified atom stereocenters. The van der Waals surface area contributed by atoms with Gasteiger partial charge >= 0.3 is 0 Å². The summed E-state index contributed by atoms with van der Waals surface area (Å²) in [4.78, 5) is 11.4. The van der Waals surface area contributed by atoms with E-state index in [-0.39, 0.29) is 11.5 Å². The predicted octanol–water partition coefficient (Wildman–Crippen LogP) is 4.53. The number of benzene rings is 1. The largest absolute Gasteiger partial charge is 0.507 e. The zero-order valence-corrected chi connectivity index (χ0v) is 12.6. The van der Waals surface area contributed by atoms with E-state index >= 15 is 0 Å². The van der Waals surface area contributed by atoms with Crippen molar-refractivity contribution >= 4 is 29.1 Å². The Hall–Kier alpha value is -0.670. The van der Waals surface area contributed by atoms with Crippen molar-refractivity contribution < 1.29 is 9.90 Å². The summed E-state index contributed by atoms with van der Waals surface area (Å²) in [6.07, 6.45) is 1.14. The molecule has 0 aliphatic heterocycles. The third kappa shape index (κ3) is 4.54. The first-order valence-electron chi connectivity index (χ1n) is 6.02. The summed E-state index contributed by atoms with van der Waals surface area (Å²) in [5, 5.41) is 10.5. The van der Waals surface area contributed by atoms with Crippen LogP contribution >= 0.6 is 23.4 Å². The average molecular weight is 287 g/mol. The standard InChI is InChI=1S/C14H19ClO2S/c1-9(2)4-5-18-8-11-6-12(15)7-13(10(3)16)14(11)17/h6-7,9,17H,4-5,8H2,1-3H3. The molecule has 0 aliphatic rings. The zero-order valence-electron chi connectivity index (χ0n) is 11.0. The Labute approximate surface area is 118 Å². The van der Waals surface area contributed by atoms with E-state index in [0.29, 0.717) is 22.3 Å². The van der Waals surface area contributed by atoms with E-state index in [0.717, 1.165) is 17.7 Å². The first kappa shape index (κ1) is 15.4. The van der Waals surface area contributed by atoms with Gasteiger partial charge in [-0.05, 0) is 37.1 Å². The fourth-order valence-corrected chi connectivity index (χ4v) is 3.00. The number of aromatic hydroxyl groups is 1. The molecule has 0 saturated carbocycles. The van der Waals surface area contributed by atoms with Crippen LogP contribution in [0.1, 0.15) is 43.1 Å². The van der Waals surface area contributed by atoms with Gasteiger partial charge < -0.3 is 5.11 Å². The molecule has 0 spiro atoms. The van der Waals surface area contributed by atoms with Gasteiger partial charge in [-0.2, -0.15) is 11.8 Å². The lowest BCUT2D eigenvalue weighted by Gasteiger charge is -2.09. The van der Waals surface area contributed by atoms with Crippen LogP contribution < -0.4 is 0 Å². The Morgan fingerprint density at radius 1 is 1.44 bits per heavy atom. The minimum Gasteiger partial charge on any atom is -0.507 e. The van der Waals surface area contributed by atoms with Gasteiger partial charge in [0.25, 0.3) is 0 Å². The van der Waals surface area contributed by atoms with Crippen LogP contribution in [-0.2, 0) is 5.75 Å². The van der Waals surface area contributed by atoms with Crippen LogP contribution in [0, 0.1) is 5.92 Å². The second kappa shape index (κ2) is 7.05. The molecule has 0 radical (unpaired) electrons. The maximum absolute atomic E-state index is 11.4. The summed E-state index contributed by atoms with van der Waals surface area (Å²) in [5.41, 5.74) is 1.04. The second-order valence-electron chi connectivity index (χ2n) is 4.75. The zero-order chi connectivity index (χ0) is 13.7. The van der Waals surface area contributed by atoms with E-state index in [1.54, 1.807) is 17.8 Å². The van der Waals surface area contributed by atoms with Crippen molar-refractivity contribution in [1.82, 2.24) is 0 Å². The lowest BCUT2D eigenvalue weighted by atomic mass is 10.1. The highest BCUT2D eigenvalue weighted by Crippen LogP contribution is 2.30. The Morgan fingerprint density at radius 3 is 2.67 bits per heavy atom. The van der Waals surface area contributed by atoms with Crippen LogP contribution in [0.2, 0.25) is 5.02 Å². The molecular formula is C14H19ClO2S. The molecule has 1 aromatic rings. The number of halogens is 1. The van der Waals surface area contributed by atoms with Crippen LogP contribution in [0.5, 0.6) is 5.75 Å². The fraction of sp³-hybridized carbons (Fsp3) is 0.500. The molecule has 18 heavy (non-hydrogen) atoms. The van der Waals surface area contributed by atoms with Gasteiger partial charge in [-0.3, -0.25) is 4.79 Å². The SMILES string of the molecule is CC(=O)c1cc(Cl)cc(CSCCC(C)C)c1O. The van der Waals surface area contributed by atoms with E-state index in [4.69, 9.17) is 11.6 Å². The molecule has 100 valence electrons. The molecular weight excluding hydrogens is 268 g/mol. The van der Waals surface area contributed by atoms with Gasteiger partial charge in [0.05, 0.1) is 5.56 Å². The minimum absolute atomic E-state index is 0.0731. The van der Waals surface area contributed by atoms with Crippen LogP contribution in [0.3, 0.4) is 0 Å². The number of carbonyl (C=O) groups is 1. The lowest BCUT2D eigenvalue weighted by Crippen LogP contribution is -1.97. The molecule has 0 heterocycles. The van der Waals surface area contributed by atoms with Gasteiger partial charge in [0.2, 0.25) is 0 Å². The Bertz CT molecular complexity index is 430. The molecule has 0 atom stereocenters. The van der Waals surface area contributed by atoms with Crippen LogP contribution in [0.25, 0.3) is 0 Å². The smallest absolute Gasteiger partial charge is 0.163 e. The highest BCUT2D eigenvalue weighted by atomic mass is 35.5. The van der Waals surface area contributed by atoms with Crippen molar-refractivity contribution in [1.29, 1.82) is 0 Å². The first-order valence-corrected chi connectivity index (χ1v) is 7.55. The summed E-state index contributed by atoms with van der Waals surface area (Å²) >= 11 is 7.70. The Balaban J connectivity index is 2.73. The maximum Gasteiger partial charge on any atom is 0.163 e. The van der Waals surface area contributed by atoms with Crippen LogP contribution in [0.15, 0.2) is 12.1 Å². The van der Waals surface area contributed by atoms with Crippen LogP contribution in [-0.4, -0.2) is 16.6 Å². The van der Waals surface area contributed by atoms with Crippen molar-refractivity contribution in [2.24, 2.45) is 5.92 Å². The summed E-state index contributed by atoms with van der Waals surface area (Å²) in [6.45, 7) is 5.80. The number of phenolic OH excluding ortho intramolecular Hbond substituents is 1. The summed E-state index contributed by atoms with van der Waals surface area (Å²) < 4.78 is 0.